The Morgan fingerprint density at radius 3 is 2.02 bits per heavy atom. The average Bonchev–Trinajstić information content (AvgIpc) is 3.35. The van der Waals surface area contributed by atoms with Crippen molar-refractivity contribution in [3.63, 3.8) is 0 Å². The first-order valence-corrected chi connectivity index (χ1v) is 25.8. The standard InChI is InChI=1S/C52H76N14O14/c1-50(2,3)78-47(75)55-22-15-18-30(59-48(76)79-51(4,5)6)24-38(68)56-25-34-40(69)60-35(27-58-46(74)64-32-20-14-13-19-31(32)29-16-11-10-12-17-29)42(71)66-39(33-21-23-54-45(53)63-33)44(73)57-26-36(65-49(77)80-52(7,8)9)41(70)62-37(28-67)43(72)61-34/h10-14,16-17,19-20,27,30,33-34,36-37,39,67H,15,18,21-26,28H2,1-9H3,(H,55,75)(H,56,68)(H,57,73)(H,59,76)(H,60,69)(H,61,72)(H,62,70)(H,65,77)(H,66,71)(H3,53,54,63)(H2,58,64,74)/b35-27-/t30-,33+,34?,36?,37-,39?/m0/s1. The van der Waals surface area contributed by atoms with Crippen LogP contribution < -0.4 is 69.5 Å². The maximum absolute atomic E-state index is 14.5. The Bertz CT molecular complexity index is 2610. The van der Waals surface area contributed by atoms with Gasteiger partial charge in [-0.25, -0.2) is 19.2 Å². The van der Waals surface area contributed by atoms with Crippen molar-refractivity contribution >= 4 is 71.4 Å². The van der Waals surface area contributed by atoms with E-state index in [9.17, 15) is 53.1 Å². The van der Waals surface area contributed by atoms with Crippen LogP contribution in [0.15, 0.2) is 71.5 Å². The maximum atomic E-state index is 14.5. The molecule has 0 spiro atoms. The van der Waals surface area contributed by atoms with Gasteiger partial charge < -0.3 is 88.9 Å². The lowest BCUT2D eigenvalue weighted by Gasteiger charge is -2.31. The quantitative estimate of drug-likeness (QED) is 0.0647. The number of guanidine groups is 1. The van der Waals surface area contributed by atoms with Gasteiger partial charge in [-0.15, -0.1) is 0 Å². The summed E-state index contributed by atoms with van der Waals surface area (Å²) >= 11 is 0. The fraction of sp³-hybridized carbons (Fsp3) is 0.519. The number of alkyl carbamates (subject to hydrolysis) is 3. The van der Waals surface area contributed by atoms with E-state index in [2.05, 4.69) is 68.8 Å². The molecule has 2 aromatic rings. The summed E-state index contributed by atoms with van der Waals surface area (Å²) in [6.07, 6.45) is -1.84. The second kappa shape index (κ2) is 29.3. The number of ether oxygens (including phenoxy) is 3. The number of rotatable bonds is 15. The van der Waals surface area contributed by atoms with Gasteiger partial charge >= 0.3 is 24.3 Å². The molecule has 11 amide bonds. The lowest BCUT2D eigenvalue weighted by Crippen LogP contribution is -2.64. The molecule has 4 rings (SSSR count). The average molecular weight is 1120 g/mol. The Morgan fingerprint density at radius 2 is 1.38 bits per heavy atom. The van der Waals surface area contributed by atoms with E-state index >= 15 is 0 Å². The highest BCUT2D eigenvalue weighted by Gasteiger charge is 2.37. The highest BCUT2D eigenvalue weighted by molar-refractivity contribution is 6.03. The molecule has 0 aliphatic carbocycles. The molecule has 0 bridgehead atoms. The molecule has 3 unspecified atom stereocenters. The van der Waals surface area contributed by atoms with Crippen LogP contribution in [0.2, 0.25) is 0 Å². The number of carbonyl (C=O) groups is 10. The molecule has 2 aliphatic heterocycles. The van der Waals surface area contributed by atoms with Gasteiger partial charge in [0, 0.05) is 50.4 Å². The van der Waals surface area contributed by atoms with Crippen LogP contribution in [0.25, 0.3) is 11.1 Å². The Hall–Kier alpha value is -8.69. The van der Waals surface area contributed by atoms with E-state index in [-0.39, 0.29) is 38.3 Å². The smallest absolute Gasteiger partial charge is 0.408 e. The second-order valence-corrected chi connectivity index (χ2v) is 21.5. The molecular weight excluding hydrogens is 1040 g/mol. The van der Waals surface area contributed by atoms with Crippen molar-refractivity contribution in [1.82, 2.24) is 58.5 Å². The molecule has 6 atom stereocenters. The third kappa shape index (κ3) is 22.7. The van der Waals surface area contributed by atoms with Crippen molar-refractivity contribution in [1.29, 1.82) is 0 Å². The number of urea groups is 1. The second-order valence-electron chi connectivity index (χ2n) is 21.5. The molecule has 0 radical (unpaired) electrons. The third-order valence-electron chi connectivity index (χ3n) is 11.1. The van der Waals surface area contributed by atoms with E-state index in [1.807, 2.05) is 30.3 Å². The number of hydrogen-bond acceptors (Lipinski definition) is 17. The number of aliphatic hydroxyl groups is 1. The largest absolute Gasteiger partial charge is 0.444 e. The molecule has 2 aromatic carbocycles. The lowest BCUT2D eigenvalue weighted by atomic mass is 10.0. The zero-order valence-electron chi connectivity index (χ0n) is 46.4. The van der Waals surface area contributed by atoms with Gasteiger partial charge in [0.2, 0.25) is 29.5 Å². The van der Waals surface area contributed by atoms with Gasteiger partial charge in [0.05, 0.1) is 18.3 Å². The minimum absolute atomic E-state index is 0.0868. The molecule has 1 saturated heterocycles. The van der Waals surface area contributed by atoms with Crippen molar-refractivity contribution < 1.29 is 67.3 Å². The van der Waals surface area contributed by atoms with Crippen molar-refractivity contribution in [2.45, 2.75) is 141 Å². The number of aliphatic imine (C=N–C) groups is 1. The van der Waals surface area contributed by atoms with Gasteiger partial charge in [-0.05, 0) is 93.2 Å². The van der Waals surface area contributed by atoms with Crippen LogP contribution in [-0.2, 0) is 43.0 Å². The number of para-hydroxylation sites is 1. The highest BCUT2D eigenvalue weighted by Crippen LogP contribution is 2.27. The summed E-state index contributed by atoms with van der Waals surface area (Å²) < 4.78 is 16.0. The number of aliphatic hydroxyl groups excluding tert-OH is 1. The molecule has 0 aromatic heterocycles. The predicted octanol–water partition coefficient (Wildman–Crippen LogP) is 0.284. The summed E-state index contributed by atoms with van der Waals surface area (Å²) in [4.78, 5) is 141. The molecule has 0 saturated carbocycles. The Morgan fingerprint density at radius 1 is 0.750 bits per heavy atom. The van der Waals surface area contributed by atoms with Crippen LogP contribution in [0, 0.1) is 0 Å². The topological polar surface area (TPSA) is 401 Å². The molecule has 2 heterocycles. The zero-order chi connectivity index (χ0) is 59.4. The zero-order valence-corrected chi connectivity index (χ0v) is 46.4. The summed E-state index contributed by atoms with van der Waals surface area (Å²) in [7, 11) is 0. The molecule has 1 fully saturated rings. The molecule has 80 heavy (non-hydrogen) atoms. The Kier molecular flexibility index (Phi) is 23.4. The van der Waals surface area contributed by atoms with Gasteiger partial charge in [-0.2, -0.15) is 0 Å². The maximum Gasteiger partial charge on any atom is 0.408 e. The minimum Gasteiger partial charge on any atom is -0.444 e. The first-order chi connectivity index (χ1) is 37.5. The van der Waals surface area contributed by atoms with E-state index in [0.29, 0.717) is 11.3 Å². The van der Waals surface area contributed by atoms with Gasteiger partial charge in [0.15, 0.2) is 5.96 Å². The first kappa shape index (κ1) is 63.8. The molecule has 2 aliphatic rings. The summed E-state index contributed by atoms with van der Waals surface area (Å²) in [6.45, 7) is 12.3. The first-order valence-electron chi connectivity index (χ1n) is 25.8. The van der Waals surface area contributed by atoms with Gasteiger partial charge in [0.25, 0.3) is 5.91 Å². The lowest BCUT2D eigenvalue weighted by molar-refractivity contribution is -0.134. The van der Waals surface area contributed by atoms with E-state index in [4.69, 9.17) is 19.9 Å². The monoisotopic (exact) mass is 1120 g/mol. The number of anilines is 1. The number of nitrogens with zero attached hydrogens (tertiary/aromatic N) is 1. The fourth-order valence-electron chi connectivity index (χ4n) is 7.57. The molecule has 15 N–H and O–H groups in total. The van der Waals surface area contributed by atoms with Crippen molar-refractivity contribution in [3.05, 3.63) is 66.5 Å². The number of nitrogens with two attached hydrogens (primary N) is 1. The number of hydrogen-bond donors (Lipinski definition) is 14. The number of nitrogens with one attached hydrogen (secondary N) is 12. The van der Waals surface area contributed by atoms with Crippen LogP contribution in [0.5, 0.6) is 0 Å². The van der Waals surface area contributed by atoms with Crippen molar-refractivity contribution in [2.24, 2.45) is 10.7 Å². The molecule has 28 heteroatoms. The summed E-state index contributed by atoms with van der Waals surface area (Å²) in [5, 5.41) is 40.5. The third-order valence-corrected chi connectivity index (χ3v) is 11.1. The highest BCUT2D eigenvalue weighted by atomic mass is 16.6. The number of benzene rings is 2. The van der Waals surface area contributed by atoms with E-state index in [0.717, 1.165) is 11.8 Å². The van der Waals surface area contributed by atoms with E-state index in [1.54, 1.807) is 86.6 Å². The number of carbonyl (C=O) groups excluding carboxylic acids is 10. The molecule has 28 nitrogen and oxygen atoms in total. The van der Waals surface area contributed by atoms with Gasteiger partial charge in [-0.1, -0.05) is 48.5 Å². The van der Waals surface area contributed by atoms with Gasteiger partial charge in [-0.3, -0.25) is 33.8 Å². The predicted molar refractivity (Wildman–Crippen MR) is 292 cm³/mol. The molecular formula is C52H76N14O14. The Labute approximate surface area is 463 Å². The van der Waals surface area contributed by atoms with Crippen molar-refractivity contribution in [3.8, 4) is 11.1 Å². The van der Waals surface area contributed by atoms with E-state index < -0.39 is 145 Å². The van der Waals surface area contributed by atoms with Crippen LogP contribution in [0.4, 0.5) is 24.9 Å². The van der Waals surface area contributed by atoms with Crippen LogP contribution in [-0.4, -0.2) is 157 Å². The van der Waals surface area contributed by atoms with Crippen LogP contribution in [0.1, 0.15) is 88.0 Å². The summed E-state index contributed by atoms with van der Waals surface area (Å²) in [5.41, 5.74) is 4.26. The SMILES string of the molecule is CC(C)(C)OC(=O)NCCC[C@@H](CC(=O)NCC1NC(=O)[C@H](CO)NC(=O)C(NC(=O)OC(C)(C)C)CNC(=O)C([C@H]2CCN=C(N)N2)NC(=O)/C(=C/NC(=O)Nc2ccccc2-c2ccccc2)NC1=O)NC(=O)OC(C)(C)C. The summed E-state index contributed by atoms with van der Waals surface area (Å²) in [6, 6.07) is 6.09. The van der Waals surface area contributed by atoms with Crippen LogP contribution in [0.3, 0.4) is 0 Å². The summed E-state index contributed by atoms with van der Waals surface area (Å²) in [5.74, 6) is -6.58. The minimum atomic E-state index is -1.87. The fourth-order valence-corrected chi connectivity index (χ4v) is 7.57. The van der Waals surface area contributed by atoms with E-state index in [1.165, 1.54) is 0 Å². The molecule has 438 valence electrons. The Balaban J connectivity index is 1.73. The number of amides is 11. The van der Waals surface area contributed by atoms with Crippen LogP contribution >= 0.6 is 0 Å². The normalized spacial score (nSPS) is 20.5. The van der Waals surface area contributed by atoms with Crippen molar-refractivity contribution in [2.75, 3.05) is 38.1 Å². The van der Waals surface area contributed by atoms with Gasteiger partial charge in [0.1, 0.15) is 46.7 Å².